The molecular weight excluding hydrogens is 405 g/mol. The summed E-state index contributed by atoms with van der Waals surface area (Å²) in [7, 11) is -4.00. The lowest BCUT2D eigenvalue weighted by molar-refractivity contribution is 0.567. The van der Waals surface area contributed by atoms with E-state index in [1.54, 1.807) is 36.7 Å². The largest absolute Gasteiger partial charge is 0.419 e. The van der Waals surface area contributed by atoms with Gasteiger partial charge in [-0.1, -0.05) is 35.9 Å². The van der Waals surface area contributed by atoms with Crippen LogP contribution in [0.5, 0.6) is 0 Å². The Labute approximate surface area is 173 Å². The van der Waals surface area contributed by atoms with E-state index in [1.807, 2.05) is 13.0 Å². The number of nitrogens with zero attached hydrogens (tertiary/aromatic N) is 2. The Kier molecular flexibility index (Phi) is 5.33. The van der Waals surface area contributed by atoms with Gasteiger partial charge in [0.15, 0.2) is 0 Å². The number of oxazole rings is 1. The molecular formula is C22H18FN3O3S. The maximum Gasteiger partial charge on any atom is 0.234 e. The number of pyridine rings is 1. The fourth-order valence-electron chi connectivity index (χ4n) is 2.86. The van der Waals surface area contributed by atoms with Gasteiger partial charge >= 0.3 is 0 Å². The van der Waals surface area contributed by atoms with Gasteiger partial charge in [-0.25, -0.2) is 12.8 Å². The van der Waals surface area contributed by atoms with Gasteiger partial charge in [0.05, 0.1) is 10.5 Å². The maximum absolute atomic E-state index is 14.3. The molecule has 0 saturated carbocycles. The van der Waals surface area contributed by atoms with Crippen LogP contribution >= 0.6 is 0 Å². The Bertz CT molecular complexity index is 1270. The monoisotopic (exact) mass is 423 g/mol. The maximum atomic E-state index is 14.3. The van der Waals surface area contributed by atoms with Crippen molar-refractivity contribution in [2.45, 2.75) is 23.4 Å². The van der Waals surface area contributed by atoms with E-state index in [-0.39, 0.29) is 33.8 Å². The number of hydrogen-bond acceptors (Lipinski definition) is 6. The summed E-state index contributed by atoms with van der Waals surface area (Å²) in [5.41, 5.74) is 1.82. The number of anilines is 1. The number of aryl methyl sites for hydroxylation is 1. The molecule has 8 heteroatoms. The highest BCUT2D eigenvalue weighted by Gasteiger charge is 2.29. The Morgan fingerprint density at radius 3 is 2.50 bits per heavy atom. The lowest BCUT2D eigenvalue weighted by Gasteiger charge is -2.06. The molecule has 0 radical (unpaired) electrons. The van der Waals surface area contributed by atoms with Gasteiger partial charge in [-0.15, -0.1) is 0 Å². The lowest BCUT2D eigenvalue weighted by Crippen LogP contribution is -2.07. The zero-order valence-electron chi connectivity index (χ0n) is 16.0. The summed E-state index contributed by atoms with van der Waals surface area (Å²) >= 11 is 0. The number of rotatable bonds is 6. The minimum absolute atomic E-state index is 0.0577. The van der Waals surface area contributed by atoms with E-state index in [4.69, 9.17) is 4.42 Å². The van der Waals surface area contributed by atoms with E-state index >= 15 is 0 Å². The summed E-state index contributed by atoms with van der Waals surface area (Å²) in [4.78, 5) is 8.26. The standard InChI is InChI=1S/C22H18FN3O3S/c1-15-8-10-17(11-9-15)30(27,28)22-21(25-14-16-5-4-12-24-13-16)29-20(26-22)18-6-2-3-7-19(18)23/h2-13,25H,14H2,1H3. The molecule has 2 aromatic heterocycles. The molecule has 30 heavy (non-hydrogen) atoms. The van der Waals surface area contributed by atoms with Gasteiger partial charge in [-0.2, -0.15) is 4.98 Å². The van der Waals surface area contributed by atoms with Gasteiger partial charge in [0.1, 0.15) is 5.82 Å². The highest BCUT2D eigenvalue weighted by molar-refractivity contribution is 7.91. The second-order valence-electron chi connectivity index (χ2n) is 6.66. The number of halogens is 1. The molecule has 0 saturated heterocycles. The van der Waals surface area contributed by atoms with Crippen LogP contribution in [0.15, 0.2) is 87.4 Å². The van der Waals surface area contributed by atoms with Gasteiger partial charge in [0.2, 0.25) is 26.6 Å². The molecule has 0 aliphatic carbocycles. The van der Waals surface area contributed by atoms with Crippen molar-refractivity contribution in [3.8, 4) is 11.5 Å². The molecule has 0 spiro atoms. The molecule has 4 rings (SSSR count). The van der Waals surface area contributed by atoms with Crippen LogP contribution in [0.1, 0.15) is 11.1 Å². The topological polar surface area (TPSA) is 85.1 Å². The van der Waals surface area contributed by atoms with Gasteiger partial charge in [0.25, 0.3) is 0 Å². The van der Waals surface area contributed by atoms with Crippen LogP contribution < -0.4 is 5.32 Å². The third kappa shape index (κ3) is 3.95. The fourth-order valence-corrected chi connectivity index (χ4v) is 4.14. The van der Waals surface area contributed by atoms with Crippen LogP contribution in [0.2, 0.25) is 0 Å². The molecule has 0 amide bonds. The van der Waals surface area contributed by atoms with Crippen molar-refractivity contribution in [1.29, 1.82) is 0 Å². The van der Waals surface area contributed by atoms with Crippen molar-refractivity contribution in [3.05, 3.63) is 90.0 Å². The van der Waals surface area contributed by atoms with Gasteiger partial charge in [-0.3, -0.25) is 4.98 Å². The third-order valence-electron chi connectivity index (χ3n) is 4.46. The summed E-state index contributed by atoms with van der Waals surface area (Å²) in [6.07, 6.45) is 3.29. The summed E-state index contributed by atoms with van der Waals surface area (Å²) in [6, 6.07) is 15.9. The van der Waals surface area contributed by atoms with E-state index in [9.17, 15) is 12.8 Å². The Morgan fingerprint density at radius 1 is 1.03 bits per heavy atom. The van der Waals surface area contributed by atoms with E-state index in [2.05, 4.69) is 15.3 Å². The molecule has 6 nitrogen and oxygen atoms in total. The van der Waals surface area contributed by atoms with Gasteiger partial charge in [-0.05, 0) is 42.8 Å². The van der Waals surface area contributed by atoms with Crippen molar-refractivity contribution in [2.24, 2.45) is 0 Å². The predicted molar refractivity (Wildman–Crippen MR) is 110 cm³/mol. The molecule has 2 heterocycles. The van der Waals surface area contributed by atoms with Crippen molar-refractivity contribution in [1.82, 2.24) is 9.97 Å². The zero-order valence-corrected chi connectivity index (χ0v) is 16.9. The van der Waals surface area contributed by atoms with E-state index < -0.39 is 15.7 Å². The highest BCUT2D eigenvalue weighted by atomic mass is 32.2. The number of benzene rings is 2. The van der Waals surface area contributed by atoms with Crippen molar-refractivity contribution >= 4 is 15.7 Å². The minimum Gasteiger partial charge on any atom is -0.419 e. The summed E-state index contributed by atoms with van der Waals surface area (Å²) < 4.78 is 46.4. The number of hydrogen-bond donors (Lipinski definition) is 1. The summed E-state index contributed by atoms with van der Waals surface area (Å²) in [5.74, 6) is -0.734. The van der Waals surface area contributed by atoms with Crippen LogP contribution in [0, 0.1) is 12.7 Å². The Balaban J connectivity index is 1.79. The molecule has 0 bridgehead atoms. The van der Waals surface area contributed by atoms with Crippen molar-refractivity contribution < 1.29 is 17.2 Å². The molecule has 2 aromatic carbocycles. The van der Waals surface area contributed by atoms with Gasteiger partial charge < -0.3 is 9.73 Å². The summed E-state index contributed by atoms with van der Waals surface area (Å²) in [6.45, 7) is 2.12. The van der Waals surface area contributed by atoms with Gasteiger partial charge in [0, 0.05) is 18.9 Å². The summed E-state index contributed by atoms with van der Waals surface area (Å²) in [5, 5.41) is 2.66. The van der Waals surface area contributed by atoms with Crippen LogP contribution in [0.4, 0.5) is 10.3 Å². The van der Waals surface area contributed by atoms with Crippen LogP contribution in [0.25, 0.3) is 11.5 Å². The quantitative estimate of drug-likeness (QED) is 0.487. The number of aromatic nitrogens is 2. The second kappa shape index (κ2) is 8.08. The number of sulfone groups is 1. The fraction of sp³-hybridized carbons (Fsp3) is 0.0909. The zero-order chi connectivity index (χ0) is 21.1. The third-order valence-corrected chi connectivity index (χ3v) is 6.14. The normalized spacial score (nSPS) is 11.4. The van der Waals surface area contributed by atoms with Crippen LogP contribution in [-0.4, -0.2) is 18.4 Å². The van der Waals surface area contributed by atoms with Crippen molar-refractivity contribution in [2.75, 3.05) is 5.32 Å². The van der Waals surface area contributed by atoms with E-state index in [0.29, 0.717) is 0 Å². The molecule has 4 aromatic rings. The minimum atomic E-state index is -4.00. The molecule has 0 aliphatic rings. The Morgan fingerprint density at radius 2 is 1.80 bits per heavy atom. The first-order valence-electron chi connectivity index (χ1n) is 9.15. The smallest absolute Gasteiger partial charge is 0.234 e. The molecule has 0 fully saturated rings. The molecule has 0 aliphatic heterocycles. The number of nitrogens with one attached hydrogen (secondary N) is 1. The first-order chi connectivity index (χ1) is 14.4. The first kappa shape index (κ1) is 19.8. The molecule has 1 N–H and O–H groups in total. The van der Waals surface area contributed by atoms with E-state index in [0.717, 1.165) is 11.1 Å². The predicted octanol–water partition coefficient (Wildman–Crippen LogP) is 4.63. The van der Waals surface area contributed by atoms with Crippen LogP contribution in [0.3, 0.4) is 0 Å². The lowest BCUT2D eigenvalue weighted by atomic mass is 10.2. The molecule has 0 atom stereocenters. The van der Waals surface area contributed by atoms with Crippen LogP contribution in [-0.2, 0) is 16.4 Å². The average molecular weight is 423 g/mol. The molecule has 152 valence electrons. The average Bonchev–Trinajstić information content (AvgIpc) is 3.18. The molecule has 0 unspecified atom stereocenters. The van der Waals surface area contributed by atoms with Crippen molar-refractivity contribution in [3.63, 3.8) is 0 Å². The highest BCUT2D eigenvalue weighted by Crippen LogP contribution is 2.33. The van der Waals surface area contributed by atoms with E-state index in [1.165, 1.54) is 30.3 Å². The Hall–Kier alpha value is -3.52. The SMILES string of the molecule is Cc1ccc(S(=O)(=O)c2nc(-c3ccccc3F)oc2NCc2cccnc2)cc1. The first-order valence-corrected chi connectivity index (χ1v) is 10.6. The second-order valence-corrected chi connectivity index (χ2v) is 8.53.